The van der Waals surface area contributed by atoms with E-state index in [9.17, 15) is 5.11 Å². The van der Waals surface area contributed by atoms with Gasteiger partial charge in [-0.25, -0.2) is 0 Å². The van der Waals surface area contributed by atoms with Crippen LogP contribution in [0.4, 0.5) is 0 Å². The summed E-state index contributed by atoms with van der Waals surface area (Å²) in [6.45, 7) is 11.9. The lowest BCUT2D eigenvalue weighted by molar-refractivity contribution is -0.927. The van der Waals surface area contributed by atoms with Gasteiger partial charge in [0, 0.05) is 0 Å². The first-order valence-corrected chi connectivity index (χ1v) is 17.5. The summed E-state index contributed by atoms with van der Waals surface area (Å²) in [6.07, 6.45) is 42.2. The van der Waals surface area contributed by atoms with Crippen molar-refractivity contribution < 1.29 is 9.59 Å². The summed E-state index contributed by atoms with van der Waals surface area (Å²) >= 11 is 0. The zero-order chi connectivity index (χ0) is 27.8. The van der Waals surface area contributed by atoms with Crippen molar-refractivity contribution in [3.8, 4) is 0 Å². The van der Waals surface area contributed by atoms with Crippen molar-refractivity contribution >= 4 is 0 Å². The molecular formula is C36H72NO+. The van der Waals surface area contributed by atoms with E-state index >= 15 is 0 Å². The molecule has 0 aromatic rings. The summed E-state index contributed by atoms with van der Waals surface area (Å²) in [5.74, 6) is 0. The van der Waals surface area contributed by atoms with E-state index in [1.54, 1.807) is 0 Å². The van der Waals surface area contributed by atoms with Crippen LogP contribution >= 0.6 is 0 Å². The number of hydrogen-bond acceptors (Lipinski definition) is 1. The molecule has 0 bridgehead atoms. The van der Waals surface area contributed by atoms with Crippen molar-refractivity contribution in [2.45, 2.75) is 175 Å². The molecule has 0 amide bonds. The predicted molar refractivity (Wildman–Crippen MR) is 173 cm³/mol. The van der Waals surface area contributed by atoms with Gasteiger partial charge in [0.15, 0.2) is 0 Å². The van der Waals surface area contributed by atoms with Crippen LogP contribution in [0.5, 0.6) is 0 Å². The molecule has 2 heteroatoms. The number of aliphatic hydroxyl groups is 1. The molecule has 0 radical (unpaired) electrons. The lowest BCUT2D eigenvalue weighted by Gasteiger charge is -2.37. The van der Waals surface area contributed by atoms with Crippen molar-refractivity contribution in [2.24, 2.45) is 0 Å². The van der Waals surface area contributed by atoms with E-state index < -0.39 is 0 Å². The number of quaternary nitrogens is 1. The Hall–Kier alpha value is -0.600. The van der Waals surface area contributed by atoms with E-state index in [1.165, 1.54) is 174 Å². The Kier molecular flexibility index (Phi) is 30.4. The molecule has 0 rings (SSSR count). The standard InChI is InChI=1S/C36H72NO/c1-4-7-9-11-13-15-17-19-21-23-25-27-29-31-33-37(6-3,35-36-38)34-32-30-28-26-24-22-20-18-16-14-12-10-8-5-2/h15-18,38H,4-14,19-36H2,1-3H3/q+1/b17-15-,18-16-. The Morgan fingerprint density at radius 3 is 1.03 bits per heavy atom. The van der Waals surface area contributed by atoms with E-state index in [1.807, 2.05) is 0 Å². The second kappa shape index (κ2) is 30.9. The number of nitrogens with zero attached hydrogens (tertiary/aromatic N) is 1. The molecule has 0 aromatic carbocycles. The van der Waals surface area contributed by atoms with Crippen LogP contribution in [0.1, 0.15) is 175 Å². The maximum absolute atomic E-state index is 9.74. The van der Waals surface area contributed by atoms with Crippen molar-refractivity contribution in [3.63, 3.8) is 0 Å². The van der Waals surface area contributed by atoms with Gasteiger partial charge in [-0.3, -0.25) is 0 Å². The monoisotopic (exact) mass is 535 g/mol. The normalized spacial score (nSPS) is 12.4. The molecular weight excluding hydrogens is 462 g/mol. The van der Waals surface area contributed by atoms with Crippen LogP contribution in [0.25, 0.3) is 0 Å². The van der Waals surface area contributed by atoms with Gasteiger partial charge in [-0.1, -0.05) is 115 Å². The van der Waals surface area contributed by atoms with Crippen LogP contribution < -0.4 is 0 Å². The molecule has 38 heavy (non-hydrogen) atoms. The van der Waals surface area contributed by atoms with Gasteiger partial charge in [0.1, 0.15) is 6.54 Å². The Balaban J connectivity index is 3.75. The van der Waals surface area contributed by atoms with Gasteiger partial charge in [0.25, 0.3) is 0 Å². The fourth-order valence-corrected chi connectivity index (χ4v) is 5.70. The second-order valence-corrected chi connectivity index (χ2v) is 12.0. The minimum atomic E-state index is 0.339. The van der Waals surface area contributed by atoms with Crippen molar-refractivity contribution in [1.29, 1.82) is 0 Å². The van der Waals surface area contributed by atoms with Crippen molar-refractivity contribution in [3.05, 3.63) is 24.3 Å². The van der Waals surface area contributed by atoms with Gasteiger partial charge in [0.2, 0.25) is 0 Å². The van der Waals surface area contributed by atoms with Crippen LogP contribution in [0.15, 0.2) is 24.3 Å². The maximum atomic E-state index is 9.74. The summed E-state index contributed by atoms with van der Waals surface area (Å²) in [5, 5.41) is 9.74. The summed E-state index contributed by atoms with van der Waals surface area (Å²) in [7, 11) is 0. The largest absolute Gasteiger partial charge is 0.391 e. The number of likely N-dealkylation sites (N-methyl/N-ethyl adjacent to an activating group) is 1. The van der Waals surface area contributed by atoms with Gasteiger partial charge < -0.3 is 9.59 Å². The average molecular weight is 535 g/mol. The van der Waals surface area contributed by atoms with E-state index in [-0.39, 0.29) is 0 Å². The summed E-state index contributed by atoms with van der Waals surface area (Å²) in [4.78, 5) is 0. The summed E-state index contributed by atoms with van der Waals surface area (Å²) in [5.41, 5.74) is 0. The number of unbranched alkanes of at least 4 members (excludes halogenated alkanes) is 20. The molecule has 2 nitrogen and oxygen atoms in total. The maximum Gasteiger partial charge on any atom is 0.102 e. The van der Waals surface area contributed by atoms with Gasteiger partial charge >= 0.3 is 0 Å². The number of allylic oxidation sites excluding steroid dienone is 4. The molecule has 0 saturated carbocycles. The first-order chi connectivity index (χ1) is 18.7. The molecule has 0 aliphatic rings. The van der Waals surface area contributed by atoms with Crippen LogP contribution in [0.2, 0.25) is 0 Å². The predicted octanol–water partition coefficient (Wildman–Crippen LogP) is 11.3. The zero-order valence-corrected chi connectivity index (χ0v) is 26.7. The SMILES string of the molecule is CCCCCC/C=C\CCCCCCCC[N+](CC)(CCO)CCCCCCCC/C=C\CCCCCC. The van der Waals surface area contributed by atoms with E-state index in [0.717, 1.165) is 11.0 Å². The van der Waals surface area contributed by atoms with E-state index in [4.69, 9.17) is 0 Å². The molecule has 0 fully saturated rings. The van der Waals surface area contributed by atoms with E-state index in [2.05, 4.69) is 45.1 Å². The summed E-state index contributed by atoms with van der Waals surface area (Å²) in [6, 6.07) is 0. The fourth-order valence-electron chi connectivity index (χ4n) is 5.70. The smallest absolute Gasteiger partial charge is 0.102 e. The molecule has 0 aromatic heterocycles. The topological polar surface area (TPSA) is 20.2 Å². The molecule has 0 aliphatic carbocycles. The molecule has 0 spiro atoms. The third-order valence-corrected chi connectivity index (χ3v) is 8.53. The van der Waals surface area contributed by atoms with Gasteiger partial charge in [0.05, 0.1) is 26.2 Å². The number of rotatable bonds is 31. The quantitative estimate of drug-likeness (QED) is 0.0532. The minimum absolute atomic E-state index is 0.339. The fraction of sp³-hybridized carbons (Fsp3) is 0.889. The van der Waals surface area contributed by atoms with Gasteiger partial charge in [-0.2, -0.15) is 0 Å². The summed E-state index contributed by atoms with van der Waals surface area (Å²) < 4.78 is 1.14. The number of hydrogen-bond donors (Lipinski definition) is 1. The highest BCUT2D eigenvalue weighted by molar-refractivity contribution is 4.82. The van der Waals surface area contributed by atoms with Crippen LogP contribution in [-0.2, 0) is 0 Å². The van der Waals surface area contributed by atoms with Crippen molar-refractivity contribution in [2.75, 3.05) is 32.8 Å². The Morgan fingerprint density at radius 2 is 0.711 bits per heavy atom. The Labute approximate surface area is 241 Å². The van der Waals surface area contributed by atoms with Gasteiger partial charge in [-0.15, -0.1) is 0 Å². The lowest BCUT2D eigenvalue weighted by atomic mass is 10.1. The average Bonchev–Trinajstić information content (AvgIpc) is 2.93. The zero-order valence-electron chi connectivity index (χ0n) is 26.7. The Bertz CT molecular complexity index is 460. The van der Waals surface area contributed by atoms with Crippen molar-refractivity contribution in [1.82, 2.24) is 0 Å². The van der Waals surface area contributed by atoms with Crippen LogP contribution in [0.3, 0.4) is 0 Å². The molecule has 0 saturated heterocycles. The second-order valence-electron chi connectivity index (χ2n) is 12.0. The first kappa shape index (κ1) is 37.4. The minimum Gasteiger partial charge on any atom is -0.391 e. The lowest BCUT2D eigenvalue weighted by Crippen LogP contribution is -2.51. The molecule has 0 aliphatic heterocycles. The molecule has 0 atom stereocenters. The first-order valence-electron chi connectivity index (χ1n) is 17.5. The highest BCUT2D eigenvalue weighted by Gasteiger charge is 2.23. The van der Waals surface area contributed by atoms with Crippen LogP contribution in [-0.4, -0.2) is 42.4 Å². The molecule has 1 N–H and O–H groups in total. The highest BCUT2D eigenvalue weighted by Crippen LogP contribution is 2.16. The third-order valence-electron chi connectivity index (χ3n) is 8.53. The van der Waals surface area contributed by atoms with Gasteiger partial charge in [-0.05, 0) is 84.0 Å². The third kappa shape index (κ3) is 25.7. The van der Waals surface area contributed by atoms with Crippen LogP contribution in [0, 0.1) is 0 Å². The highest BCUT2D eigenvalue weighted by atomic mass is 16.3. The Morgan fingerprint density at radius 1 is 0.395 bits per heavy atom. The molecule has 0 unspecified atom stereocenters. The van der Waals surface area contributed by atoms with E-state index in [0.29, 0.717) is 6.61 Å². The molecule has 226 valence electrons. The number of aliphatic hydroxyl groups excluding tert-OH is 1. The molecule has 0 heterocycles.